The topological polar surface area (TPSA) is 63.4 Å². The molecule has 2 aromatic heterocycles. The Morgan fingerprint density at radius 3 is 2.64 bits per heavy atom. The van der Waals surface area contributed by atoms with E-state index >= 15 is 0 Å². The lowest BCUT2D eigenvalue weighted by Crippen LogP contribution is -2.28. The second-order valence-corrected chi connectivity index (χ2v) is 6.77. The highest BCUT2D eigenvalue weighted by molar-refractivity contribution is 6.42. The van der Waals surface area contributed by atoms with Gasteiger partial charge in [-0.15, -0.1) is 5.10 Å². The molecular weight excluding hydrogens is 361 g/mol. The maximum absolute atomic E-state index is 12.5. The molecule has 8 heteroatoms. The van der Waals surface area contributed by atoms with Crippen molar-refractivity contribution < 1.29 is 4.79 Å². The Hall–Kier alpha value is -2.18. The van der Waals surface area contributed by atoms with E-state index in [1.54, 1.807) is 28.6 Å². The summed E-state index contributed by atoms with van der Waals surface area (Å²) in [6.07, 6.45) is 0.111. The zero-order valence-electron chi connectivity index (χ0n) is 14.1. The van der Waals surface area contributed by atoms with E-state index in [9.17, 15) is 4.79 Å². The van der Waals surface area contributed by atoms with Gasteiger partial charge in [-0.1, -0.05) is 29.3 Å². The number of carbonyl (C=O) groups excluding carboxylic acids is 1. The van der Waals surface area contributed by atoms with E-state index in [2.05, 4.69) is 15.1 Å². The number of hydrogen-bond donors (Lipinski definition) is 0. The van der Waals surface area contributed by atoms with Crippen LogP contribution >= 0.6 is 23.2 Å². The molecule has 0 spiro atoms. The van der Waals surface area contributed by atoms with E-state index in [1.807, 2.05) is 26.0 Å². The zero-order valence-corrected chi connectivity index (χ0v) is 15.6. The summed E-state index contributed by atoms with van der Waals surface area (Å²) in [5, 5.41) is 5.33. The molecule has 0 aliphatic rings. The van der Waals surface area contributed by atoms with Crippen molar-refractivity contribution in [2.75, 3.05) is 7.05 Å². The third-order valence-electron chi connectivity index (χ3n) is 3.80. The van der Waals surface area contributed by atoms with Crippen molar-refractivity contribution in [3.8, 4) is 0 Å². The fourth-order valence-electron chi connectivity index (χ4n) is 2.55. The fraction of sp³-hybridized carbons (Fsp3) is 0.294. The van der Waals surface area contributed by atoms with Gasteiger partial charge >= 0.3 is 0 Å². The predicted octanol–water partition coefficient (Wildman–Crippen LogP) is 3.25. The van der Waals surface area contributed by atoms with Crippen LogP contribution in [0.5, 0.6) is 0 Å². The first kappa shape index (κ1) is 17.6. The molecule has 0 aliphatic carbocycles. The van der Waals surface area contributed by atoms with Gasteiger partial charge in [-0.25, -0.2) is 9.50 Å². The van der Waals surface area contributed by atoms with Gasteiger partial charge in [0, 0.05) is 25.0 Å². The Morgan fingerprint density at radius 2 is 1.92 bits per heavy atom. The molecule has 6 nitrogen and oxygen atoms in total. The molecule has 0 aliphatic heterocycles. The molecule has 1 amide bonds. The van der Waals surface area contributed by atoms with Crippen LogP contribution in [0.1, 0.15) is 22.8 Å². The summed E-state index contributed by atoms with van der Waals surface area (Å²) in [6.45, 7) is 4.26. The van der Waals surface area contributed by atoms with Gasteiger partial charge in [0.05, 0.1) is 16.5 Å². The quantitative estimate of drug-likeness (QED) is 0.699. The Morgan fingerprint density at radius 1 is 1.16 bits per heavy atom. The van der Waals surface area contributed by atoms with Crippen LogP contribution in [0.2, 0.25) is 10.0 Å². The van der Waals surface area contributed by atoms with Gasteiger partial charge in [-0.3, -0.25) is 4.79 Å². The van der Waals surface area contributed by atoms with Crippen LogP contribution in [0.3, 0.4) is 0 Å². The van der Waals surface area contributed by atoms with Gasteiger partial charge < -0.3 is 4.90 Å². The number of aromatic nitrogens is 4. The molecule has 2 heterocycles. The highest BCUT2D eigenvalue weighted by atomic mass is 35.5. The first-order valence-electron chi connectivity index (χ1n) is 7.71. The number of amides is 1. The van der Waals surface area contributed by atoms with Crippen LogP contribution in [0.4, 0.5) is 0 Å². The molecule has 1 aromatic carbocycles. The van der Waals surface area contributed by atoms with Gasteiger partial charge in [0.25, 0.3) is 5.78 Å². The van der Waals surface area contributed by atoms with E-state index in [-0.39, 0.29) is 12.3 Å². The largest absolute Gasteiger partial charge is 0.341 e. The number of aryl methyl sites for hydroxylation is 2. The van der Waals surface area contributed by atoms with Crippen molar-refractivity contribution in [2.24, 2.45) is 0 Å². The molecule has 0 unspecified atom stereocenters. The number of likely N-dealkylation sites (N-methyl/N-ethyl adjacent to an activating group) is 1. The fourth-order valence-corrected chi connectivity index (χ4v) is 2.87. The number of rotatable bonds is 4. The highest BCUT2D eigenvalue weighted by Crippen LogP contribution is 2.23. The number of benzene rings is 1. The lowest BCUT2D eigenvalue weighted by Gasteiger charge is -2.16. The van der Waals surface area contributed by atoms with Gasteiger partial charge in [0.15, 0.2) is 5.82 Å². The molecule has 3 rings (SSSR count). The van der Waals surface area contributed by atoms with Crippen molar-refractivity contribution in [2.45, 2.75) is 26.8 Å². The van der Waals surface area contributed by atoms with E-state index in [0.717, 1.165) is 17.0 Å². The van der Waals surface area contributed by atoms with Crippen molar-refractivity contribution in [3.63, 3.8) is 0 Å². The minimum atomic E-state index is -0.0867. The van der Waals surface area contributed by atoms with E-state index < -0.39 is 0 Å². The molecular formula is C17H17Cl2N5O. The van der Waals surface area contributed by atoms with Crippen molar-refractivity contribution in [1.29, 1.82) is 0 Å². The monoisotopic (exact) mass is 377 g/mol. The normalized spacial score (nSPS) is 11.1. The van der Waals surface area contributed by atoms with Crippen LogP contribution in [0, 0.1) is 13.8 Å². The lowest BCUT2D eigenvalue weighted by molar-refractivity contribution is -0.129. The first-order chi connectivity index (χ1) is 11.8. The second kappa shape index (κ2) is 6.98. The summed E-state index contributed by atoms with van der Waals surface area (Å²) in [7, 11) is 1.73. The molecule has 0 bridgehead atoms. The molecule has 0 radical (unpaired) electrons. The standard InChI is InChI=1S/C17H17Cl2N5O/c1-10-6-11(2)24-17(20-10)21-15(22-24)8-16(25)23(3)9-12-4-5-13(18)14(19)7-12/h4-7H,8-9H2,1-3H3. The van der Waals surface area contributed by atoms with E-state index in [0.29, 0.717) is 28.2 Å². The summed E-state index contributed by atoms with van der Waals surface area (Å²) >= 11 is 11.9. The van der Waals surface area contributed by atoms with Crippen LogP contribution in [-0.4, -0.2) is 37.4 Å². The Balaban J connectivity index is 1.72. The lowest BCUT2D eigenvalue weighted by atomic mass is 10.2. The maximum Gasteiger partial charge on any atom is 0.252 e. The van der Waals surface area contributed by atoms with Gasteiger partial charge in [0.1, 0.15) is 0 Å². The van der Waals surface area contributed by atoms with Crippen molar-refractivity contribution in [3.05, 3.63) is 57.1 Å². The Labute approximate surface area is 155 Å². The Bertz CT molecular complexity index is 954. The number of carbonyl (C=O) groups is 1. The molecule has 0 fully saturated rings. The summed E-state index contributed by atoms with van der Waals surface area (Å²) in [5.74, 6) is 0.871. The molecule has 0 atom stereocenters. The molecule has 25 heavy (non-hydrogen) atoms. The molecule has 3 aromatic rings. The first-order valence-corrected chi connectivity index (χ1v) is 8.47. The zero-order chi connectivity index (χ0) is 18.1. The van der Waals surface area contributed by atoms with Gasteiger partial charge in [0.2, 0.25) is 5.91 Å². The maximum atomic E-state index is 12.5. The minimum Gasteiger partial charge on any atom is -0.341 e. The van der Waals surface area contributed by atoms with Crippen LogP contribution in [0.15, 0.2) is 24.3 Å². The van der Waals surface area contributed by atoms with Crippen molar-refractivity contribution >= 4 is 34.9 Å². The molecule has 130 valence electrons. The van der Waals surface area contributed by atoms with E-state index in [1.165, 1.54) is 0 Å². The third-order valence-corrected chi connectivity index (χ3v) is 4.54. The summed E-state index contributed by atoms with van der Waals surface area (Å²) < 4.78 is 1.65. The summed E-state index contributed by atoms with van der Waals surface area (Å²) in [4.78, 5) is 22.7. The highest BCUT2D eigenvalue weighted by Gasteiger charge is 2.15. The number of halogens is 2. The van der Waals surface area contributed by atoms with Crippen LogP contribution in [0.25, 0.3) is 5.78 Å². The smallest absolute Gasteiger partial charge is 0.252 e. The summed E-state index contributed by atoms with van der Waals surface area (Å²) in [5.41, 5.74) is 2.70. The summed E-state index contributed by atoms with van der Waals surface area (Å²) in [6, 6.07) is 7.24. The number of hydrogen-bond acceptors (Lipinski definition) is 4. The van der Waals surface area contributed by atoms with Gasteiger partial charge in [-0.2, -0.15) is 4.98 Å². The molecule has 0 saturated carbocycles. The van der Waals surface area contributed by atoms with Crippen LogP contribution < -0.4 is 0 Å². The Kier molecular flexibility index (Phi) is 4.92. The average Bonchev–Trinajstić information content (AvgIpc) is 2.93. The molecule has 0 saturated heterocycles. The van der Waals surface area contributed by atoms with Crippen LogP contribution in [-0.2, 0) is 17.8 Å². The third kappa shape index (κ3) is 3.91. The SMILES string of the molecule is Cc1cc(C)n2nc(CC(=O)N(C)Cc3ccc(Cl)c(Cl)c3)nc2n1. The average molecular weight is 378 g/mol. The minimum absolute atomic E-state index is 0.0867. The number of fused-ring (bicyclic) bond motifs is 1. The van der Waals surface area contributed by atoms with Crippen molar-refractivity contribution in [1.82, 2.24) is 24.5 Å². The second-order valence-electron chi connectivity index (χ2n) is 5.95. The van der Waals surface area contributed by atoms with Gasteiger partial charge in [-0.05, 0) is 37.6 Å². The van der Waals surface area contributed by atoms with E-state index in [4.69, 9.17) is 23.2 Å². The predicted molar refractivity (Wildman–Crippen MR) is 96.9 cm³/mol. The molecule has 0 N–H and O–H groups in total. The number of nitrogens with zero attached hydrogens (tertiary/aromatic N) is 5.